The minimum absolute atomic E-state index is 0.0684. The number of amides is 1. The highest BCUT2D eigenvalue weighted by molar-refractivity contribution is 5.94. The van der Waals surface area contributed by atoms with Crippen LogP contribution >= 0.6 is 0 Å². The molecule has 104 valence electrons. The molecule has 4 heteroatoms. The van der Waals surface area contributed by atoms with E-state index in [1.165, 1.54) is 38.1 Å². The summed E-state index contributed by atoms with van der Waals surface area (Å²) in [5.41, 5.74) is 0.595. The molecule has 1 saturated heterocycles. The van der Waals surface area contributed by atoms with Crippen molar-refractivity contribution < 1.29 is 9.90 Å². The Balaban J connectivity index is 1.59. The molecule has 1 fully saturated rings. The Labute approximate surface area is 114 Å². The summed E-state index contributed by atoms with van der Waals surface area (Å²) in [5, 5.41) is 12.1. The van der Waals surface area contributed by atoms with Crippen molar-refractivity contribution in [3.63, 3.8) is 0 Å². The molecule has 0 aliphatic carbocycles. The van der Waals surface area contributed by atoms with Gasteiger partial charge in [-0.3, -0.25) is 4.79 Å². The first-order chi connectivity index (χ1) is 9.25. The van der Waals surface area contributed by atoms with E-state index in [0.717, 1.165) is 19.4 Å². The van der Waals surface area contributed by atoms with Gasteiger partial charge in [0.2, 0.25) is 0 Å². The minimum Gasteiger partial charge on any atom is -0.508 e. The van der Waals surface area contributed by atoms with Crippen LogP contribution in [0.15, 0.2) is 24.3 Å². The number of aromatic hydroxyl groups is 1. The standard InChI is InChI=1S/C15H22N2O2/c18-14-7-5-13(6-8-14)15(19)16-9-1-2-10-17-11-3-4-12-17/h5-8,18H,1-4,9-12H2,(H,16,19). The van der Waals surface area contributed by atoms with Crippen LogP contribution in [0.25, 0.3) is 0 Å². The Hall–Kier alpha value is -1.55. The van der Waals surface area contributed by atoms with E-state index in [-0.39, 0.29) is 11.7 Å². The van der Waals surface area contributed by atoms with Crippen LogP contribution < -0.4 is 5.32 Å². The molecular formula is C15H22N2O2. The third kappa shape index (κ3) is 4.56. The number of likely N-dealkylation sites (tertiary alicyclic amines) is 1. The first-order valence-electron chi connectivity index (χ1n) is 7.05. The Kier molecular flexibility index (Phi) is 5.21. The van der Waals surface area contributed by atoms with Gasteiger partial charge in [0.05, 0.1) is 0 Å². The van der Waals surface area contributed by atoms with Crippen molar-refractivity contribution in [1.82, 2.24) is 10.2 Å². The van der Waals surface area contributed by atoms with E-state index in [1.807, 2.05) is 0 Å². The normalized spacial score (nSPS) is 15.6. The first kappa shape index (κ1) is 13.9. The fraction of sp³-hybridized carbons (Fsp3) is 0.533. The number of phenols is 1. The fourth-order valence-electron chi connectivity index (χ4n) is 2.38. The number of carbonyl (C=O) groups is 1. The predicted octanol–water partition coefficient (Wildman–Crippen LogP) is 2.00. The van der Waals surface area contributed by atoms with Crippen LogP contribution in [0.5, 0.6) is 5.75 Å². The molecule has 0 bridgehead atoms. The van der Waals surface area contributed by atoms with E-state index in [9.17, 15) is 4.79 Å². The van der Waals surface area contributed by atoms with E-state index in [2.05, 4.69) is 10.2 Å². The van der Waals surface area contributed by atoms with Gasteiger partial charge in [0, 0.05) is 12.1 Å². The van der Waals surface area contributed by atoms with Gasteiger partial charge in [0.15, 0.2) is 0 Å². The van der Waals surface area contributed by atoms with Crippen LogP contribution in [-0.2, 0) is 0 Å². The number of carbonyl (C=O) groups excluding carboxylic acids is 1. The van der Waals surface area contributed by atoms with Crippen molar-refractivity contribution in [3.8, 4) is 5.75 Å². The van der Waals surface area contributed by atoms with Gasteiger partial charge in [-0.05, 0) is 69.6 Å². The lowest BCUT2D eigenvalue weighted by Gasteiger charge is -2.14. The summed E-state index contributed by atoms with van der Waals surface area (Å²) >= 11 is 0. The zero-order valence-electron chi connectivity index (χ0n) is 11.3. The maximum Gasteiger partial charge on any atom is 0.251 e. The van der Waals surface area contributed by atoms with Gasteiger partial charge in [0.25, 0.3) is 5.91 Å². The predicted molar refractivity (Wildman–Crippen MR) is 75.3 cm³/mol. The molecule has 0 aromatic heterocycles. The number of hydrogen-bond donors (Lipinski definition) is 2. The number of hydrogen-bond acceptors (Lipinski definition) is 3. The quantitative estimate of drug-likeness (QED) is 0.771. The molecule has 1 aliphatic rings. The third-order valence-electron chi connectivity index (χ3n) is 3.51. The molecule has 19 heavy (non-hydrogen) atoms. The lowest BCUT2D eigenvalue weighted by molar-refractivity contribution is 0.0952. The molecule has 1 heterocycles. The van der Waals surface area contributed by atoms with Crippen LogP contribution in [0.4, 0.5) is 0 Å². The van der Waals surface area contributed by atoms with E-state index >= 15 is 0 Å². The summed E-state index contributed by atoms with van der Waals surface area (Å²) in [6.07, 6.45) is 4.81. The van der Waals surface area contributed by atoms with Crippen LogP contribution in [0.2, 0.25) is 0 Å². The van der Waals surface area contributed by atoms with Crippen molar-refractivity contribution >= 4 is 5.91 Å². The van der Waals surface area contributed by atoms with Gasteiger partial charge in [-0.25, -0.2) is 0 Å². The Bertz CT molecular complexity index is 397. The molecule has 0 spiro atoms. The molecule has 0 saturated carbocycles. The average molecular weight is 262 g/mol. The maximum absolute atomic E-state index is 11.8. The van der Waals surface area contributed by atoms with Crippen LogP contribution in [-0.4, -0.2) is 42.1 Å². The number of nitrogens with one attached hydrogen (secondary N) is 1. The number of nitrogens with zero attached hydrogens (tertiary/aromatic N) is 1. The second-order valence-corrected chi connectivity index (χ2v) is 5.06. The van der Waals surface area contributed by atoms with Crippen molar-refractivity contribution in [1.29, 1.82) is 0 Å². The number of unbranched alkanes of at least 4 members (excludes halogenated alkanes) is 1. The SMILES string of the molecule is O=C(NCCCCN1CCCC1)c1ccc(O)cc1. The molecular weight excluding hydrogens is 240 g/mol. The molecule has 0 unspecified atom stereocenters. The minimum atomic E-state index is -0.0684. The summed E-state index contributed by atoms with van der Waals surface area (Å²) in [7, 11) is 0. The smallest absolute Gasteiger partial charge is 0.251 e. The highest BCUT2D eigenvalue weighted by Gasteiger charge is 2.10. The van der Waals surface area contributed by atoms with E-state index in [0.29, 0.717) is 12.1 Å². The lowest BCUT2D eigenvalue weighted by atomic mass is 10.2. The molecule has 1 aromatic rings. The molecule has 0 atom stereocenters. The molecule has 4 nitrogen and oxygen atoms in total. The highest BCUT2D eigenvalue weighted by atomic mass is 16.3. The molecule has 1 aliphatic heterocycles. The highest BCUT2D eigenvalue weighted by Crippen LogP contribution is 2.10. The number of benzene rings is 1. The maximum atomic E-state index is 11.8. The Morgan fingerprint density at radius 3 is 2.53 bits per heavy atom. The summed E-state index contributed by atoms with van der Waals surface area (Å²) in [6, 6.07) is 6.33. The van der Waals surface area contributed by atoms with Gasteiger partial charge in [-0.1, -0.05) is 0 Å². The van der Waals surface area contributed by atoms with E-state index in [1.54, 1.807) is 12.1 Å². The fourth-order valence-corrected chi connectivity index (χ4v) is 2.38. The number of phenolic OH excluding ortho intramolecular Hbond substituents is 1. The van der Waals surface area contributed by atoms with Gasteiger partial charge >= 0.3 is 0 Å². The van der Waals surface area contributed by atoms with E-state index in [4.69, 9.17) is 5.11 Å². The van der Waals surface area contributed by atoms with Gasteiger partial charge < -0.3 is 15.3 Å². The summed E-state index contributed by atoms with van der Waals surface area (Å²) < 4.78 is 0. The summed E-state index contributed by atoms with van der Waals surface area (Å²) in [6.45, 7) is 4.34. The van der Waals surface area contributed by atoms with E-state index < -0.39 is 0 Å². The van der Waals surface area contributed by atoms with Gasteiger partial charge in [-0.2, -0.15) is 0 Å². The molecule has 2 N–H and O–H groups in total. The van der Waals surface area contributed by atoms with Crippen molar-refractivity contribution in [2.45, 2.75) is 25.7 Å². The second kappa shape index (κ2) is 7.14. The zero-order valence-corrected chi connectivity index (χ0v) is 11.3. The summed E-state index contributed by atoms with van der Waals surface area (Å²) in [4.78, 5) is 14.3. The van der Waals surface area contributed by atoms with Crippen LogP contribution in [0.3, 0.4) is 0 Å². The summed E-state index contributed by atoms with van der Waals surface area (Å²) in [5.74, 6) is 0.114. The third-order valence-corrected chi connectivity index (χ3v) is 3.51. The molecule has 1 amide bonds. The largest absolute Gasteiger partial charge is 0.508 e. The molecule has 2 rings (SSSR count). The van der Waals surface area contributed by atoms with Crippen molar-refractivity contribution in [2.75, 3.05) is 26.2 Å². The van der Waals surface area contributed by atoms with Crippen LogP contribution in [0, 0.1) is 0 Å². The van der Waals surface area contributed by atoms with Crippen molar-refractivity contribution in [3.05, 3.63) is 29.8 Å². The van der Waals surface area contributed by atoms with Gasteiger partial charge in [-0.15, -0.1) is 0 Å². The molecule has 1 aromatic carbocycles. The monoisotopic (exact) mass is 262 g/mol. The first-order valence-corrected chi connectivity index (χ1v) is 7.05. The number of rotatable bonds is 6. The zero-order chi connectivity index (χ0) is 13.5. The Morgan fingerprint density at radius 2 is 1.84 bits per heavy atom. The second-order valence-electron chi connectivity index (χ2n) is 5.06. The topological polar surface area (TPSA) is 52.6 Å². The Morgan fingerprint density at radius 1 is 1.16 bits per heavy atom. The molecule has 0 radical (unpaired) electrons. The van der Waals surface area contributed by atoms with Crippen LogP contribution in [0.1, 0.15) is 36.0 Å². The lowest BCUT2D eigenvalue weighted by Crippen LogP contribution is -2.26. The van der Waals surface area contributed by atoms with Crippen molar-refractivity contribution in [2.24, 2.45) is 0 Å². The van der Waals surface area contributed by atoms with Gasteiger partial charge in [0.1, 0.15) is 5.75 Å². The average Bonchev–Trinajstić information content (AvgIpc) is 2.92.